The Kier molecular flexibility index (Phi) is 3.96. The Morgan fingerprint density at radius 2 is 2.15 bits per heavy atom. The number of carboxylic acid groups (broad SMARTS) is 1. The summed E-state index contributed by atoms with van der Waals surface area (Å²) in [5.74, 6) is 0.550. The molecule has 0 heterocycles. The number of aliphatic hydroxyl groups excluding tert-OH is 1. The maximum Gasteiger partial charge on any atom is 0.290 e. The summed E-state index contributed by atoms with van der Waals surface area (Å²) in [4.78, 5) is 8.36. The van der Waals surface area contributed by atoms with Gasteiger partial charge in [-0.05, 0) is 32.1 Å². The SMILES string of the molecule is O=CO.O[C@@H]1CCCC2=CCC[C@H]21. The molecular formula is C10H16O3. The average molecular weight is 184 g/mol. The quantitative estimate of drug-likeness (QED) is 0.444. The smallest absolute Gasteiger partial charge is 0.290 e. The van der Waals surface area contributed by atoms with Crippen LogP contribution in [0.3, 0.4) is 0 Å². The molecule has 2 atom stereocenters. The van der Waals surface area contributed by atoms with Crippen LogP contribution in [-0.2, 0) is 4.79 Å². The van der Waals surface area contributed by atoms with E-state index in [4.69, 9.17) is 9.90 Å². The molecule has 0 spiro atoms. The normalized spacial score (nSPS) is 31.0. The largest absolute Gasteiger partial charge is 0.483 e. The Morgan fingerprint density at radius 1 is 1.46 bits per heavy atom. The maximum absolute atomic E-state index is 9.54. The predicted molar refractivity (Wildman–Crippen MR) is 49.4 cm³/mol. The molecule has 1 saturated carbocycles. The van der Waals surface area contributed by atoms with E-state index in [1.54, 1.807) is 5.57 Å². The molecule has 0 radical (unpaired) electrons. The van der Waals surface area contributed by atoms with Crippen LogP contribution in [0.1, 0.15) is 32.1 Å². The standard InChI is InChI=1S/C9H14O.CH2O2/c10-9-6-2-4-7-3-1-5-8(7)9;2-1-3/h3,8-10H,1-2,4-6H2;1H,(H,2,3)/t8-,9-;/m1./s1. The first-order valence-electron chi connectivity index (χ1n) is 4.74. The van der Waals surface area contributed by atoms with Crippen LogP contribution in [0.2, 0.25) is 0 Å². The molecule has 3 heteroatoms. The molecule has 0 unspecified atom stereocenters. The van der Waals surface area contributed by atoms with Gasteiger partial charge in [-0.1, -0.05) is 11.6 Å². The summed E-state index contributed by atoms with van der Waals surface area (Å²) in [6.07, 6.45) is 8.20. The minimum absolute atomic E-state index is 0.0116. The van der Waals surface area contributed by atoms with Crippen molar-refractivity contribution in [1.82, 2.24) is 0 Å². The zero-order chi connectivity index (χ0) is 9.68. The van der Waals surface area contributed by atoms with Gasteiger partial charge in [-0.15, -0.1) is 0 Å². The third-order valence-electron chi connectivity index (χ3n) is 2.79. The van der Waals surface area contributed by atoms with Gasteiger partial charge in [0.25, 0.3) is 6.47 Å². The van der Waals surface area contributed by atoms with E-state index >= 15 is 0 Å². The fourth-order valence-corrected chi connectivity index (χ4v) is 2.23. The van der Waals surface area contributed by atoms with Crippen molar-refractivity contribution in [2.24, 2.45) is 5.92 Å². The number of rotatable bonds is 0. The first-order chi connectivity index (χ1) is 6.29. The van der Waals surface area contributed by atoms with Gasteiger partial charge in [0.15, 0.2) is 0 Å². The van der Waals surface area contributed by atoms with E-state index in [1.165, 1.54) is 25.7 Å². The Hall–Kier alpha value is -0.830. The minimum Gasteiger partial charge on any atom is -0.483 e. The molecule has 2 aliphatic rings. The van der Waals surface area contributed by atoms with Crippen LogP contribution < -0.4 is 0 Å². The zero-order valence-electron chi connectivity index (χ0n) is 7.65. The summed E-state index contributed by atoms with van der Waals surface area (Å²) in [5, 5.41) is 16.4. The van der Waals surface area contributed by atoms with Gasteiger partial charge in [-0.25, -0.2) is 0 Å². The monoisotopic (exact) mass is 184 g/mol. The molecule has 2 N–H and O–H groups in total. The third kappa shape index (κ3) is 2.56. The van der Waals surface area contributed by atoms with E-state index in [0.29, 0.717) is 5.92 Å². The first kappa shape index (κ1) is 10.3. The molecular weight excluding hydrogens is 168 g/mol. The lowest BCUT2D eigenvalue weighted by Crippen LogP contribution is -2.23. The highest BCUT2D eigenvalue weighted by Gasteiger charge is 2.29. The molecule has 0 aliphatic heterocycles. The summed E-state index contributed by atoms with van der Waals surface area (Å²) < 4.78 is 0. The van der Waals surface area contributed by atoms with Gasteiger partial charge < -0.3 is 10.2 Å². The highest BCUT2D eigenvalue weighted by Crippen LogP contribution is 2.37. The highest BCUT2D eigenvalue weighted by atomic mass is 16.3. The van der Waals surface area contributed by atoms with Crippen molar-refractivity contribution >= 4 is 6.47 Å². The number of hydrogen-bond donors (Lipinski definition) is 2. The predicted octanol–water partition coefficient (Wildman–Crippen LogP) is 1.57. The van der Waals surface area contributed by atoms with E-state index < -0.39 is 0 Å². The van der Waals surface area contributed by atoms with Gasteiger partial charge in [-0.2, -0.15) is 0 Å². The van der Waals surface area contributed by atoms with Crippen LogP contribution in [-0.4, -0.2) is 22.8 Å². The number of carbonyl (C=O) groups is 1. The average Bonchev–Trinajstić information content (AvgIpc) is 2.54. The van der Waals surface area contributed by atoms with E-state index in [9.17, 15) is 5.11 Å². The van der Waals surface area contributed by atoms with Crippen molar-refractivity contribution in [3.63, 3.8) is 0 Å². The summed E-state index contributed by atoms with van der Waals surface area (Å²) in [6.45, 7) is -0.250. The Labute approximate surface area is 78.1 Å². The summed E-state index contributed by atoms with van der Waals surface area (Å²) >= 11 is 0. The second-order valence-electron chi connectivity index (χ2n) is 3.53. The van der Waals surface area contributed by atoms with Crippen LogP contribution in [0.5, 0.6) is 0 Å². The Balaban J connectivity index is 0.000000251. The molecule has 0 aromatic rings. The van der Waals surface area contributed by atoms with E-state index in [-0.39, 0.29) is 12.6 Å². The number of allylic oxidation sites excluding steroid dienone is 1. The Bertz CT molecular complexity index is 198. The molecule has 0 aromatic heterocycles. The fourth-order valence-electron chi connectivity index (χ4n) is 2.23. The molecule has 0 aromatic carbocycles. The lowest BCUT2D eigenvalue weighted by Gasteiger charge is -2.26. The van der Waals surface area contributed by atoms with Gasteiger partial charge >= 0.3 is 0 Å². The van der Waals surface area contributed by atoms with Crippen molar-refractivity contribution in [3.05, 3.63) is 11.6 Å². The van der Waals surface area contributed by atoms with Gasteiger partial charge in [-0.3, -0.25) is 4.79 Å². The maximum atomic E-state index is 9.54. The van der Waals surface area contributed by atoms with E-state index in [1.807, 2.05) is 0 Å². The van der Waals surface area contributed by atoms with Crippen molar-refractivity contribution in [2.45, 2.75) is 38.2 Å². The topological polar surface area (TPSA) is 57.5 Å². The summed E-state index contributed by atoms with van der Waals surface area (Å²) in [6, 6.07) is 0. The molecule has 74 valence electrons. The number of hydrogen-bond acceptors (Lipinski definition) is 2. The second-order valence-corrected chi connectivity index (χ2v) is 3.53. The van der Waals surface area contributed by atoms with Crippen LogP contribution in [0.25, 0.3) is 0 Å². The molecule has 2 aliphatic carbocycles. The molecule has 0 amide bonds. The van der Waals surface area contributed by atoms with E-state index in [2.05, 4.69) is 6.08 Å². The minimum atomic E-state index is -0.250. The summed E-state index contributed by atoms with van der Waals surface area (Å²) in [5.41, 5.74) is 1.54. The van der Waals surface area contributed by atoms with Crippen molar-refractivity contribution in [1.29, 1.82) is 0 Å². The first-order valence-corrected chi connectivity index (χ1v) is 4.74. The highest BCUT2D eigenvalue weighted by molar-refractivity contribution is 5.32. The summed E-state index contributed by atoms with van der Waals surface area (Å²) in [7, 11) is 0. The third-order valence-corrected chi connectivity index (χ3v) is 2.79. The Morgan fingerprint density at radius 3 is 2.77 bits per heavy atom. The molecule has 2 rings (SSSR count). The lowest BCUT2D eigenvalue weighted by molar-refractivity contribution is -0.122. The molecule has 0 bridgehead atoms. The number of aliphatic hydroxyl groups is 1. The fraction of sp³-hybridized carbons (Fsp3) is 0.700. The molecule has 3 nitrogen and oxygen atoms in total. The van der Waals surface area contributed by atoms with Crippen molar-refractivity contribution in [2.75, 3.05) is 0 Å². The number of fused-ring (bicyclic) bond motifs is 1. The van der Waals surface area contributed by atoms with Crippen LogP contribution in [0.4, 0.5) is 0 Å². The zero-order valence-corrected chi connectivity index (χ0v) is 7.65. The van der Waals surface area contributed by atoms with Crippen LogP contribution >= 0.6 is 0 Å². The lowest BCUT2D eigenvalue weighted by atomic mass is 9.84. The second kappa shape index (κ2) is 5.02. The van der Waals surface area contributed by atoms with Crippen LogP contribution in [0, 0.1) is 5.92 Å². The molecule has 1 fully saturated rings. The van der Waals surface area contributed by atoms with Crippen molar-refractivity contribution < 1.29 is 15.0 Å². The molecule has 13 heavy (non-hydrogen) atoms. The van der Waals surface area contributed by atoms with Crippen molar-refractivity contribution in [3.8, 4) is 0 Å². The van der Waals surface area contributed by atoms with Gasteiger partial charge in [0.1, 0.15) is 0 Å². The van der Waals surface area contributed by atoms with Crippen LogP contribution in [0.15, 0.2) is 11.6 Å². The van der Waals surface area contributed by atoms with Gasteiger partial charge in [0, 0.05) is 5.92 Å². The van der Waals surface area contributed by atoms with Gasteiger partial charge in [0.05, 0.1) is 6.10 Å². The van der Waals surface area contributed by atoms with E-state index in [0.717, 1.165) is 6.42 Å². The van der Waals surface area contributed by atoms with Gasteiger partial charge in [0.2, 0.25) is 0 Å². The molecule has 0 saturated heterocycles.